The van der Waals surface area contributed by atoms with Gasteiger partial charge in [0, 0.05) is 38.9 Å². The SMILES string of the molecule is CSCC[C@H](NC(=O)[C@H](CCC(=O)O)NC(=O)[C@H](CC(=O)O)NC(=O)[C@H](CC(C)C)NC(=O)[C@@H]1CCCN1C(=O)[C@H](C)NC(=O)[C@H](CCC(N)=O)NC(=O)[C@@H]1CCCN1C(=O)[C@@H]1CCCN1C(=O)[C@H](CCSC)NC(=O)[C@H](CC(=O)O)NC(=O)[C@@H]1CCCN1)C(=O)N[C@@H](CC(N)=O)C(=O)N[C@@H](CCC(=O)O)C(=O)O. The molecule has 0 aromatic carbocycles. The number of aliphatic carboxylic acids is 5. The lowest BCUT2D eigenvalue weighted by atomic mass is 10.0. The monoisotopic (exact) mass is 1580 g/mol. The molecule has 0 aliphatic carbocycles. The summed E-state index contributed by atoms with van der Waals surface area (Å²) < 4.78 is 0. The third-order valence-electron chi connectivity index (χ3n) is 18.3. The Kier molecular flexibility index (Phi) is 37.9. The van der Waals surface area contributed by atoms with Gasteiger partial charge in [0.2, 0.25) is 88.6 Å². The van der Waals surface area contributed by atoms with Crippen LogP contribution in [0.2, 0.25) is 0 Å². The Bertz CT molecular complexity index is 3360. The Hall–Kier alpha value is -9.94. The van der Waals surface area contributed by atoms with Gasteiger partial charge in [-0.3, -0.25) is 91.1 Å². The minimum atomic E-state index is -2.06. The molecule has 4 rings (SSSR count). The van der Waals surface area contributed by atoms with Crippen LogP contribution in [0.3, 0.4) is 0 Å². The number of carboxylic acid groups (broad SMARTS) is 5. The van der Waals surface area contributed by atoms with Crippen molar-refractivity contribution in [1.29, 1.82) is 0 Å². The maximum atomic E-state index is 14.6. The van der Waals surface area contributed by atoms with Crippen molar-refractivity contribution in [2.45, 2.75) is 234 Å². The fourth-order valence-corrected chi connectivity index (χ4v) is 13.7. The van der Waals surface area contributed by atoms with Crippen molar-refractivity contribution < 1.29 is 121 Å². The molecule has 0 bridgehead atoms. The average Bonchev–Trinajstić information content (AvgIpc) is 1.70. The summed E-state index contributed by atoms with van der Waals surface area (Å²) >= 11 is 2.52. The van der Waals surface area contributed by atoms with Gasteiger partial charge in [-0.1, -0.05) is 13.8 Å². The minimum absolute atomic E-state index is 0.00882. The van der Waals surface area contributed by atoms with Crippen molar-refractivity contribution in [2.24, 2.45) is 17.4 Å². The van der Waals surface area contributed by atoms with E-state index in [1.807, 2.05) is 5.32 Å². The molecule has 109 heavy (non-hydrogen) atoms. The minimum Gasteiger partial charge on any atom is -0.481 e. The first kappa shape index (κ1) is 91.4. The number of carboxylic acids is 5. The highest BCUT2D eigenvalue weighted by Crippen LogP contribution is 2.27. The molecular formula is C66H102N16O25S2. The highest BCUT2D eigenvalue weighted by molar-refractivity contribution is 7.98. The Morgan fingerprint density at radius 1 is 0.394 bits per heavy atom. The lowest BCUT2D eigenvalue weighted by molar-refractivity contribution is -0.148. The molecule has 14 atom stereocenters. The molecule has 0 saturated carbocycles. The van der Waals surface area contributed by atoms with Crippen LogP contribution in [0.1, 0.15) is 149 Å². The number of likely N-dealkylation sites (tertiary alicyclic amines) is 3. The molecule has 0 unspecified atom stereocenters. The molecule has 4 heterocycles. The van der Waals surface area contributed by atoms with Gasteiger partial charge in [0.25, 0.3) is 0 Å². The van der Waals surface area contributed by atoms with Crippen molar-refractivity contribution in [3.05, 3.63) is 0 Å². The molecule has 4 aliphatic rings. The predicted octanol–water partition coefficient (Wildman–Crippen LogP) is -5.96. The van der Waals surface area contributed by atoms with E-state index in [9.17, 15) is 116 Å². The molecule has 0 spiro atoms. The zero-order valence-electron chi connectivity index (χ0n) is 61.3. The largest absolute Gasteiger partial charge is 0.481 e. The van der Waals surface area contributed by atoms with Gasteiger partial charge in [-0.2, -0.15) is 23.5 Å². The second-order valence-corrected chi connectivity index (χ2v) is 29.2. The van der Waals surface area contributed by atoms with Crippen LogP contribution in [0.25, 0.3) is 0 Å². The third-order valence-corrected chi connectivity index (χ3v) is 19.6. The van der Waals surface area contributed by atoms with Crippen LogP contribution in [0.5, 0.6) is 0 Å². The zero-order valence-corrected chi connectivity index (χ0v) is 62.9. The fraction of sp³-hybridized carbons (Fsp3) is 0.697. The summed E-state index contributed by atoms with van der Waals surface area (Å²) in [6.45, 7) is 5.17. The average molecular weight is 1580 g/mol. The molecule has 15 amide bonds. The second kappa shape index (κ2) is 45.1. The lowest BCUT2D eigenvalue weighted by Gasteiger charge is -2.33. The Labute approximate surface area is 635 Å². The van der Waals surface area contributed by atoms with Gasteiger partial charge < -0.3 is 110 Å². The quantitative estimate of drug-likeness (QED) is 0.0270. The Balaban J connectivity index is 1.48. The second-order valence-electron chi connectivity index (χ2n) is 27.3. The topological polar surface area (TPSA) is 637 Å². The van der Waals surface area contributed by atoms with Gasteiger partial charge in [-0.15, -0.1) is 0 Å². The number of carbonyl (C=O) groups excluding carboxylic acids is 15. The number of nitrogens with two attached hydrogens (primary N) is 2. The zero-order chi connectivity index (χ0) is 81.5. The third kappa shape index (κ3) is 29.9. The number of hydrogen-bond acceptors (Lipinski definition) is 23. The van der Waals surface area contributed by atoms with Crippen LogP contribution in [-0.2, 0) is 95.9 Å². The maximum Gasteiger partial charge on any atom is 0.326 e. The predicted molar refractivity (Wildman–Crippen MR) is 384 cm³/mol. The van der Waals surface area contributed by atoms with E-state index in [1.165, 1.54) is 28.5 Å². The first-order valence-electron chi connectivity index (χ1n) is 35.7. The fourth-order valence-electron chi connectivity index (χ4n) is 12.8. The summed E-state index contributed by atoms with van der Waals surface area (Å²) in [5.74, 6) is -22.2. The van der Waals surface area contributed by atoms with E-state index in [2.05, 4.69) is 53.2 Å². The van der Waals surface area contributed by atoms with E-state index < -0.39 is 267 Å². The molecule has 43 heteroatoms. The van der Waals surface area contributed by atoms with E-state index in [1.54, 1.807) is 26.4 Å². The molecule has 41 nitrogen and oxygen atoms in total. The lowest BCUT2D eigenvalue weighted by Crippen LogP contribution is -2.60. The summed E-state index contributed by atoms with van der Waals surface area (Å²) in [6, 6.07) is -21.0. The molecule has 0 radical (unpaired) electrons. The summed E-state index contributed by atoms with van der Waals surface area (Å²) in [5.41, 5.74) is 10.8. The Morgan fingerprint density at radius 3 is 1.26 bits per heavy atom. The van der Waals surface area contributed by atoms with Gasteiger partial charge in [-0.25, -0.2) is 4.79 Å². The van der Waals surface area contributed by atoms with Gasteiger partial charge in [0.15, 0.2) is 0 Å². The van der Waals surface area contributed by atoms with Crippen molar-refractivity contribution in [3.63, 3.8) is 0 Å². The number of carbonyl (C=O) groups is 20. The van der Waals surface area contributed by atoms with Crippen LogP contribution < -0.4 is 70.0 Å². The number of primary amides is 2. The molecule has 0 aromatic rings. The van der Waals surface area contributed by atoms with E-state index in [-0.39, 0.29) is 70.3 Å². The summed E-state index contributed by atoms with van der Waals surface area (Å²) in [6.07, 6.45) is -1.30. The molecule has 4 aliphatic heterocycles. The first-order valence-corrected chi connectivity index (χ1v) is 38.5. The molecule has 0 aromatic heterocycles. The first-order chi connectivity index (χ1) is 51.4. The van der Waals surface area contributed by atoms with Gasteiger partial charge in [-0.05, 0) is 133 Å². The number of rotatable bonds is 47. The van der Waals surface area contributed by atoms with Crippen LogP contribution in [0, 0.1) is 5.92 Å². The van der Waals surface area contributed by atoms with Crippen LogP contribution in [-0.4, -0.2) is 293 Å². The van der Waals surface area contributed by atoms with E-state index >= 15 is 0 Å². The summed E-state index contributed by atoms with van der Waals surface area (Å²) in [7, 11) is 0. The van der Waals surface area contributed by atoms with Gasteiger partial charge in [0.1, 0.15) is 78.5 Å². The number of nitrogens with zero attached hydrogens (tertiary/aromatic N) is 3. The van der Waals surface area contributed by atoms with E-state index in [0.717, 1.165) is 16.7 Å². The van der Waals surface area contributed by atoms with E-state index in [0.29, 0.717) is 38.0 Å². The number of nitrogens with one attached hydrogen (secondary N) is 11. The summed E-state index contributed by atoms with van der Waals surface area (Å²) in [5, 5.41) is 74.6. The van der Waals surface area contributed by atoms with Crippen molar-refractivity contribution >= 4 is 142 Å². The van der Waals surface area contributed by atoms with Gasteiger partial charge in [0.05, 0.1) is 25.3 Å². The Morgan fingerprint density at radius 2 is 0.780 bits per heavy atom. The molecule has 4 saturated heterocycles. The number of thioether (sulfide) groups is 2. The van der Waals surface area contributed by atoms with E-state index in [4.69, 9.17) is 16.6 Å². The molecule has 608 valence electrons. The van der Waals surface area contributed by atoms with Gasteiger partial charge >= 0.3 is 29.8 Å². The highest BCUT2D eigenvalue weighted by Gasteiger charge is 2.46. The molecular weight excluding hydrogens is 1480 g/mol. The smallest absolute Gasteiger partial charge is 0.326 e. The molecule has 20 N–H and O–H groups in total. The highest BCUT2D eigenvalue weighted by atomic mass is 32.2. The molecule has 4 fully saturated rings. The number of hydrogen-bond donors (Lipinski definition) is 18. The van der Waals surface area contributed by atoms with Crippen LogP contribution in [0.15, 0.2) is 0 Å². The van der Waals surface area contributed by atoms with Crippen LogP contribution in [0.4, 0.5) is 0 Å². The summed E-state index contributed by atoms with van der Waals surface area (Å²) in [4.78, 5) is 269. The standard InChI is InChI=1S/C66H102N16O25S2/c1-32(2)28-40(57(97)78-42(30-51(89)90)59(99)71-36(15-18-49(85)86)55(95)72-37(20-26-108-4)56(96)76-41(29-48(68)84)58(98)75-39(66(106)107)16-19-50(87)88)79-62(102)44-11-7-23-80(44)63(103)33(3)70-54(94)35(14-17-47(67)83)73-61(101)45-12-8-24-81(45)65(105)46-13-9-25-82(46)64(104)38(21-27-109-5)74-60(100)43(31-52(91)92)77-53(93)34-10-6-22-69-34/h32-46,69H,6-31H2,1-5H3,(H2,67,83)(H2,68,84)(H,70,94)(H,71,99)(H,72,95)(H,73,101)(H,74,100)(H,75,98)(H,76,96)(H,77,93)(H,78,97)(H,79,102)(H,85,86)(H,87,88)(H,89,90)(H,91,92)(H,106,107)/t33-,34-,35-,36-,37-,38-,39-,40-,41-,42-,43-,44-,45-,46-/m0/s1. The normalized spacial score (nSPS) is 19.4. The van der Waals surface area contributed by atoms with Crippen molar-refractivity contribution in [1.82, 2.24) is 73.2 Å². The van der Waals surface area contributed by atoms with Crippen molar-refractivity contribution in [2.75, 3.05) is 50.2 Å². The maximum absolute atomic E-state index is 14.6. The van der Waals surface area contributed by atoms with Crippen molar-refractivity contribution in [3.8, 4) is 0 Å². The number of amides is 15. The van der Waals surface area contributed by atoms with Crippen LogP contribution >= 0.6 is 23.5 Å².